The van der Waals surface area contributed by atoms with Crippen LogP contribution in [-0.2, 0) is 4.79 Å². The molecule has 1 aliphatic rings. The maximum Gasteiger partial charge on any atom is 0.269 e. The van der Waals surface area contributed by atoms with E-state index in [1.165, 1.54) is 29.2 Å². The van der Waals surface area contributed by atoms with Crippen molar-refractivity contribution in [3.8, 4) is 0 Å². The largest absolute Gasteiger partial charge is 0.325 e. The van der Waals surface area contributed by atoms with E-state index in [-0.39, 0.29) is 17.5 Å². The monoisotopic (exact) mass is 367 g/mol. The van der Waals surface area contributed by atoms with Gasteiger partial charge in [-0.3, -0.25) is 19.7 Å². The van der Waals surface area contributed by atoms with Crippen LogP contribution in [0.5, 0.6) is 0 Å². The van der Waals surface area contributed by atoms with Gasteiger partial charge in [-0.25, -0.2) is 0 Å². The molecule has 0 saturated carbocycles. The van der Waals surface area contributed by atoms with Crippen molar-refractivity contribution >= 4 is 23.2 Å². The normalized spacial score (nSPS) is 17.1. The number of aryl methyl sites for hydroxylation is 2. The van der Waals surface area contributed by atoms with E-state index < -0.39 is 11.0 Å². The lowest BCUT2D eigenvalue weighted by atomic mass is 10.1. The minimum absolute atomic E-state index is 0.0738. The molecule has 0 bridgehead atoms. The van der Waals surface area contributed by atoms with E-state index in [0.717, 1.165) is 16.8 Å². The Morgan fingerprint density at radius 3 is 2.22 bits per heavy atom. The molecule has 2 aromatic carbocycles. The third-order valence-corrected chi connectivity index (χ3v) is 4.76. The molecule has 27 heavy (non-hydrogen) atoms. The van der Waals surface area contributed by atoms with E-state index in [2.05, 4.69) is 0 Å². The molecule has 0 aromatic heterocycles. The SMILES string of the molecule is Cc1cc(C)cc(N2CCN(C(=O)c3ccc([N+](=O)[O-])cc3)[C@@H](C)C2=O)c1. The van der Waals surface area contributed by atoms with Crippen LogP contribution in [-0.4, -0.2) is 40.8 Å². The molecule has 0 unspecified atom stereocenters. The second-order valence-corrected chi connectivity index (χ2v) is 6.81. The van der Waals surface area contributed by atoms with Crippen molar-refractivity contribution in [1.82, 2.24) is 4.90 Å². The van der Waals surface area contributed by atoms with E-state index >= 15 is 0 Å². The number of carbonyl (C=O) groups excluding carboxylic acids is 2. The molecule has 2 aromatic rings. The molecule has 7 nitrogen and oxygen atoms in total. The number of nitro benzene ring substituents is 1. The predicted molar refractivity (Wildman–Crippen MR) is 102 cm³/mol. The first-order valence-electron chi connectivity index (χ1n) is 8.73. The standard InChI is InChI=1S/C20H21N3O4/c1-13-10-14(2)12-18(11-13)22-9-8-21(15(3)19(22)24)20(25)16-4-6-17(7-5-16)23(26)27/h4-7,10-12,15H,8-9H2,1-3H3/t15-/m0/s1. The molecular weight excluding hydrogens is 346 g/mol. The topological polar surface area (TPSA) is 83.8 Å². The van der Waals surface area contributed by atoms with Crippen LogP contribution >= 0.6 is 0 Å². The van der Waals surface area contributed by atoms with Crippen LogP contribution in [0.3, 0.4) is 0 Å². The fourth-order valence-corrected chi connectivity index (χ4v) is 3.40. The van der Waals surface area contributed by atoms with E-state index in [4.69, 9.17) is 0 Å². The average Bonchev–Trinajstić information content (AvgIpc) is 2.62. The third kappa shape index (κ3) is 3.67. The van der Waals surface area contributed by atoms with Gasteiger partial charge < -0.3 is 9.80 Å². The zero-order valence-electron chi connectivity index (χ0n) is 15.5. The number of hydrogen-bond donors (Lipinski definition) is 0. The van der Waals surface area contributed by atoms with Gasteiger partial charge in [-0.05, 0) is 56.2 Å². The molecule has 1 heterocycles. The summed E-state index contributed by atoms with van der Waals surface area (Å²) >= 11 is 0. The number of benzene rings is 2. The number of carbonyl (C=O) groups is 2. The molecule has 0 N–H and O–H groups in total. The lowest BCUT2D eigenvalue weighted by Gasteiger charge is -2.39. The van der Waals surface area contributed by atoms with Gasteiger partial charge in [0.05, 0.1) is 4.92 Å². The van der Waals surface area contributed by atoms with Gasteiger partial charge in [-0.15, -0.1) is 0 Å². The van der Waals surface area contributed by atoms with Crippen molar-refractivity contribution in [1.29, 1.82) is 0 Å². The molecule has 3 rings (SSSR count). The molecule has 0 radical (unpaired) electrons. The van der Waals surface area contributed by atoms with Crippen LogP contribution in [0.4, 0.5) is 11.4 Å². The van der Waals surface area contributed by atoms with Gasteiger partial charge in [0.2, 0.25) is 5.91 Å². The Morgan fingerprint density at radius 1 is 1.07 bits per heavy atom. The highest BCUT2D eigenvalue weighted by Gasteiger charge is 2.35. The van der Waals surface area contributed by atoms with Gasteiger partial charge >= 0.3 is 0 Å². The zero-order chi connectivity index (χ0) is 19.7. The average molecular weight is 367 g/mol. The molecule has 0 spiro atoms. The van der Waals surface area contributed by atoms with Crippen LogP contribution < -0.4 is 4.90 Å². The summed E-state index contributed by atoms with van der Waals surface area (Å²) in [6.07, 6.45) is 0. The lowest BCUT2D eigenvalue weighted by molar-refractivity contribution is -0.384. The first-order chi connectivity index (χ1) is 12.8. The number of hydrogen-bond acceptors (Lipinski definition) is 4. The van der Waals surface area contributed by atoms with Gasteiger partial charge in [0.25, 0.3) is 11.6 Å². The number of non-ortho nitro benzene ring substituents is 1. The number of anilines is 1. The van der Waals surface area contributed by atoms with Crippen molar-refractivity contribution < 1.29 is 14.5 Å². The van der Waals surface area contributed by atoms with Gasteiger partial charge in [0.1, 0.15) is 6.04 Å². The van der Waals surface area contributed by atoms with Crippen LogP contribution in [0.15, 0.2) is 42.5 Å². The van der Waals surface area contributed by atoms with Gasteiger partial charge in [-0.1, -0.05) is 6.07 Å². The summed E-state index contributed by atoms with van der Waals surface area (Å²) in [5, 5.41) is 10.8. The number of piperazine rings is 1. The lowest BCUT2D eigenvalue weighted by Crippen LogP contribution is -2.57. The molecule has 1 fully saturated rings. The first-order valence-corrected chi connectivity index (χ1v) is 8.73. The van der Waals surface area contributed by atoms with Gasteiger partial charge in [-0.2, -0.15) is 0 Å². The van der Waals surface area contributed by atoms with Crippen molar-refractivity contribution in [2.24, 2.45) is 0 Å². The number of rotatable bonds is 3. The van der Waals surface area contributed by atoms with Crippen LogP contribution in [0, 0.1) is 24.0 Å². The Bertz CT molecular complexity index is 888. The summed E-state index contributed by atoms with van der Waals surface area (Å²) in [5.74, 6) is -0.438. The van der Waals surface area contributed by atoms with E-state index in [9.17, 15) is 19.7 Å². The maximum absolute atomic E-state index is 12.9. The summed E-state index contributed by atoms with van der Waals surface area (Å²) in [6, 6.07) is 10.8. The number of amides is 2. The molecule has 0 aliphatic carbocycles. The first kappa shape index (κ1) is 18.6. The van der Waals surface area contributed by atoms with Crippen LogP contribution in [0.25, 0.3) is 0 Å². The van der Waals surface area contributed by atoms with E-state index in [1.807, 2.05) is 32.0 Å². The van der Waals surface area contributed by atoms with Crippen LogP contribution in [0.2, 0.25) is 0 Å². The minimum Gasteiger partial charge on any atom is -0.325 e. The highest BCUT2D eigenvalue weighted by Crippen LogP contribution is 2.24. The van der Waals surface area contributed by atoms with Gasteiger partial charge in [0, 0.05) is 36.5 Å². The number of nitro groups is 1. The summed E-state index contributed by atoms with van der Waals surface area (Å²) in [7, 11) is 0. The summed E-state index contributed by atoms with van der Waals surface area (Å²) in [4.78, 5) is 39.1. The van der Waals surface area contributed by atoms with Crippen molar-refractivity contribution in [2.45, 2.75) is 26.8 Å². The Labute approximate surface area is 157 Å². The van der Waals surface area contributed by atoms with E-state index in [1.54, 1.807) is 11.8 Å². The smallest absolute Gasteiger partial charge is 0.269 e. The maximum atomic E-state index is 12.9. The minimum atomic E-state index is -0.609. The van der Waals surface area contributed by atoms with Crippen molar-refractivity contribution in [3.05, 3.63) is 69.3 Å². The summed E-state index contributed by atoms with van der Waals surface area (Å²) in [6.45, 7) is 6.48. The van der Waals surface area contributed by atoms with Crippen LogP contribution in [0.1, 0.15) is 28.4 Å². The van der Waals surface area contributed by atoms with Crippen molar-refractivity contribution in [3.63, 3.8) is 0 Å². The molecule has 140 valence electrons. The van der Waals surface area contributed by atoms with Gasteiger partial charge in [0.15, 0.2) is 0 Å². The number of nitrogens with zero attached hydrogens (tertiary/aromatic N) is 3. The molecular formula is C20H21N3O4. The zero-order valence-corrected chi connectivity index (χ0v) is 15.5. The van der Waals surface area contributed by atoms with E-state index in [0.29, 0.717) is 18.7 Å². The molecule has 1 aliphatic heterocycles. The molecule has 2 amide bonds. The quantitative estimate of drug-likeness (QED) is 0.616. The molecule has 1 saturated heterocycles. The third-order valence-electron chi connectivity index (χ3n) is 4.76. The van der Waals surface area contributed by atoms with Crippen molar-refractivity contribution in [2.75, 3.05) is 18.0 Å². The Kier molecular flexibility index (Phi) is 4.94. The molecule has 7 heteroatoms. The Balaban J connectivity index is 1.79. The second kappa shape index (κ2) is 7.19. The Morgan fingerprint density at radius 2 is 1.67 bits per heavy atom. The second-order valence-electron chi connectivity index (χ2n) is 6.81. The molecule has 1 atom stereocenters. The Hall–Kier alpha value is -3.22. The summed E-state index contributed by atoms with van der Waals surface area (Å²) < 4.78 is 0. The summed E-state index contributed by atoms with van der Waals surface area (Å²) in [5.41, 5.74) is 3.26. The highest BCUT2D eigenvalue weighted by molar-refractivity contribution is 6.03. The predicted octanol–water partition coefficient (Wildman–Crippen LogP) is 3.09. The highest BCUT2D eigenvalue weighted by atomic mass is 16.6. The fraction of sp³-hybridized carbons (Fsp3) is 0.300. The fourth-order valence-electron chi connectivity index (χ4n) is 3.40.